The number of aromatic nitrogens is 3. The van der Waals surface area contributed by atoms with Gasteiger partial charge in [-0.3, -0.25) is 9.80 Å². The second kappa shape index (κ2) is 10.7. The summed E-state index contributed by atoms with van der Waals surface area (Å²) in [6.45, 7) is 9.36. The van der Waals surface area contributed by atoms with Crippen molar-refractivity contribution < 1.29 is 5.11 Å². The molecule has 7 heteroatoms. The lowest BCUT2D eigenvalue weighted by molar-refractivity contribution is 0.0677. The number of fused-ring (bicyclic) bond motifs is 1. The van der Waals surface area contributed by atoms with Gasteiger partial charge in [0.1, 0.15) is 0 Å². The number of rotatable bonds is 6. The molecule has 190 valence electrons. The van der Waals surface area contributed by atoms with Gasteiger partial charge in [0.25, 0.3) is 0 Å². The lowest BCUT2D eigenvalue weighted by atomic mass is 9.91. The highest BCUT2D eigenvalue weighted by atomic mass is 16.3. The first kappa shape index (κ1) is 23.6. The van der Waals surface area contributed by atoms with E-state index in [9.17, 15) is 5.11 Å². The van der Waals surface area contributed by atoms with E-state index in [4.69, 9.17) is 0 Å². The molecule has 0 bridgehead atoms. The molecule has 6 rings (SSSR count). The molecule has 2 aliphatic heterocycles. The number of hydrogen-bond donors (Lipinski definition) is 1. The summed E-state index contributed by atoms with van der Waals surface area (Å²) < 4.78 is 1.61. The largest absolute Gasteiger partial charge is 0.493 e. The number of hydrogen-bond acceptors (Lipinski definition) is 6. The smallest absolute Gasteiger partial charge is 0.219 e. The first-order valence-corrected chi connectivity index (χ1v) is 13.7. The van der Waals surface area contributed by atoms with Gasteiger partial charge in [-0.1, -0.05) is 36.4 Å². The van der Waals surface area contributed by atoms with E-state index in [2.05, 4.69) is 55.1 Å². The van der Waals surface area contributed by atoms with E-state index in [1.54, 1.807) is 10.9 Å². The lowest BCUT2D eigenvalue weighted by Gasteiger charge is -2.42. The zero-order chi connectivity index (χ0) is 24.3. The molecule has 1 N–H and O–H groups in total. The second-order valence-corrected chi connectivity index (χ2v) is 10.8. The van der Waals surface area contributed by atoms with Crippen LogP contribution in [0, 0.1) is 5.92 Å². The number of aryl methyl sites for hydroxylation is 1. The Balaban J connectivity index is 0.973. The highest BCUT2D eigenvalue weighted by Gasteiger charge is 2.32. The Morgan fingerprint density at radius 3 is 2.36 bits per heavy atom. The van der Waals surface area contributed by atoms with Crippen LogP contribution in [0.3, 0.4) is 0 Å². The zero-order valence-corrected chi connectivity index (χ0v) is 21.2. The van der Waals surface area contributed by atoms with Crippen molar-refractivity contribution in [1.82, 2.24) is 29.5 Å². The first-order valence-electron chi connectivity index (χ1n) is 13.7. The average Bonchev–Trinajstić information content (AvgIpc) is 3.27. The van der Waals surface area contributed by atoms with E-state index >= 15 is 0 Å². The Labute approximate surface area is 214 Å². The van der Waals surface area contributed by atoms with Gasteiger partial charge in [-0.25, -0.2) is 4.98 Å². The molecule has 4 heterocycles. The van der Waals surface area contributed by atoms with Crippen LogP contribution in [0.25, 0.3) is 5.82 Å². The number of piperazine rings is 1. The molecule has 2 saturated heterocycles. The fourth-order valence-electron chi connectivity index (χ4n) is 6.33. The molecule has 0 amide bonds. The lowest BCUT2D eigenvalue weighted by Crippen LogP contribution is -2.52. The number of nitrogens with zero attached hydrogens (tertiary/aromatic N) is 6. The highest BCUT2D eigenvalue weighted by Crippen LogP contribution is 2.32. The van der Waals surface area contributed by atoms with Crippen LogP contribution < -0.4 is 0 Å². The molecule has 7 nitrogen and oxygen atoms in total. The summed E-state index contributed by atoms with van der Waals surface area (Å²) in [5.41, 5.74) is 3.48. The van der Waals surface area contributed by atoms with Crippen LogP contribution in [0.4, 0.5) is 0 Å². The number of likely N-dealkylation sites (tertiary alicyclic amines) is 1. The van der Waals surface area contributed by atoms with E-state index < -0.39 is 0 Å². The van der Waals surface area contributed by atoms with E-state index in [-0.39, 0.29) is 5.88 Å². The van der Waals surface area contributed by atoms with Crippen molar-refractivity contribution >= 4 is 0 Å². The van der Waals surface area contributed by atoms with Gasteiger partial charge in [0.05, 0.1) is 5.69 Å². The molecule has 2 aromatic heterocycles. The maximum atomic E-state index is 10.9. The SMILES string of the molecule is Oc1c2c(nn1-c1ccccn1)CCC(N1CCN(CC3CCN(Cc4ccccc4)CC3)CC1)C2. The van der Waals surface area contributed by atoms with Crippen LogP contribution in [-0.2, 0) is 19.4 Å². The quantitative estimate of drug-likeness (QED) is 0.577. The monoisotopic (exact) mass is 486 g/mol. The van der Waals surface area contributed by atoms with Crippen molar-refractivity contribution in [2.45, 2.75) is 44.7 Å². The standard InChI is InChI=1S/C29H38N6O/c36-29-26-20-25(9-10-27(26)31-35(29)28-8-4-5-13-30-28)34-18-16-33(17-19-34)22-24-11-14-32(15-12-24)21-23-6-2-1-3-7-23/h1-8,13,24-25,36H,9-12,14-22H2. The maximum absolute atomic E-state index is 10.9. The van der Waals surface area contributed by atoms with E-state index in [0.717, 1.165) is 69.2 Å². The Kier molecular flexibility index (Phi) is 7.03. The van der Waals surface area contributed by atoms with Crippen molar-refractivity contribution in [1.29, 1.82) is 0 Å². The van der Waals surface area contributed by atoms with Gasteiger partial charge in [0.15, 0.2) is 5.82 Å². The topological polar surface area (TPSA) is 60.7 Å². The number of aromatic hydroxyl groups is 1. The minimum atomic E-state index is 0.269. The zero-order valence-electron chi connectivity index (χ0n) is 21.2. The van der Waals surface area contributed by atoms with Gasteiger partial charge < -0.3 is 10.0 Å². The molecule has 0 spiro atoms. The molecule has 2 fully saturated rings. The Morgan fingerprint density at radius 2 is 1.61 bits per heavy atom. The van der Waals surface area contributed by atoms with Crippen LogP contribution in [0.2, 0.25) is 0 Å². The minimum Gasteiger partial charge on any atom is -0.493 e. The van der Waals surface area contributed by atoms with Gasteiger partial charge in [-0.15, -0.1) is 0 Å². The fourth-order valence-corrected chi connectivity index (χ4v) is 6.33. The second-order valence-electron chi connectivity index (χ2n) is 10.8. The molecule has 1 aromatic carbocycles. The molecular formula is C29H38N6O. The van der Waals surface area contributed by atoms with Crippen molar-refractivity contribution in [3.8, 4) is 11.7 Å². The van der Waals surface area contributed by atoms with Crippen LogP contribution in [-0.4, -0.2) is 86.4 Å². The predicted molar refractivity (Wildman–Crippen MR) is 141 cm³/mol. The normalized spacial score (nSPS) is 22.5. The predicted octanol–water partition coefficient (Wildman–Crippen LogP) is 3.36. The van der Waals surface area contributed by atoms with Gasteiger partial charge in [0, 0.05) is 57.1 Å². The van der Waals surface area contributed by atoms with E-state index in [1.807, 2.05) is 18.2 Å². The third-order valence-corrected chi connectivity index (χ3v) is 8.46. The van der Waals surface area contributed by atoms with Crippen molar-refractivity contribution in [2.75, 3.05) is 45.8 Å². The third-order valence-electron chi connectivity index (χ3n) is 8.46. The van der Waals surface area contributed by atoms with Crippen LogP contribution in [0.15, 0.2) is 54.7 Å². The summed E-state index contributed by atoms with van der Waals surface area (Å²) in [6.07, 6.45) is 7.30. The molecule has 0 saturated carbocycles. The van der Waals surface area contributed by atoms with Gasteiger partial charge in [0.2, 0.25) is 5.88 Å². The van der Waals surface area contributed by atoms with Gasteiger partial charge in [-0.2, -0.15) is 9.78 Å². The molecule has 3 aliphatic rings. The molecule has 0 radical (unpaired) electrons. The summed E-state index contributed by atoms with van der Waals surface area (Å²) in [4.78, 5) is 12.3. The number of benzene rings is 1. The number of pyridine rings is 1. The molecule has 1 aliphatic carbocycles. The molecule has 36 heavy (non-hydrogen) atoms. The summed E-state index contributed by atoms with van der Waals surface area (Å²) >= 11 is 0. The highest BCUT2D eigenvalue weighted by molar-refractivity contribution is 5.39. The van der Waals surface area contributed by atoms with Crippen molar-refractivity contribution in [3.63, 3.8) is 0 Å². The number of piperidine rings is 1. The Hall–Kier alpha value is -2.74. The average molecular weight is 487 g/mol. The summed E-state index contributed by atoms with van der Waals surface area (Å²) in [6, 6.07) is 17.1. The Morgan fingerprint density at radius 1 is 0.833 bits per heavy atom. The molecule has 1 atom stereocenters. The van der Waals surface area contributed by atoms with Crippen molar-refractivity contribution in [2.24, 2.45) is 5.92 Å². The fraction of sp³-hybridized carbons (Fsp3) is 0.517. The summed E-state index contributed by atoms with van der Waals surface area (Å²) in [7, 11) is 0. The molecular weight excluding hydrogens is 448 g/mol. The van der Waals surface area contributed by atoms with Gasteiger partial charge >= 0.3 is 0 Å². The van der Waals surface area contributed by atoms with Crippen LogP contribution >= 0.6 is 0 Å². The molecule has 3 aromatic rings. The summed E-state index contributed by atoms with van der Waals surface area (Å²) in [5, 5.41) is 15.6. The minimum absolute atomic E-state index is 0.269. The van der Waals surface area contributed by atoms with E-state index in [1.165, 1.54) is 38.0 Å². The first-order chi connectivity index (χ1) is 17.7. The summed E-state index contributed by atoms with van der Waals surface area (Å²) in [5.74, 6) is 1.78. The van der Waals surface area contributed by atoms with E-state index in [0.29, 0.717) is 11.9 Å². The maximum Gasteiger partial charge on any atom is 0.219 e. The van der Waals surface area contributed by atoms with Crippen molar-refractivity contribution in [3.05, 3.63) is 71.5 Å². The van der Waals surface area contributed by atoms with Crippen LogP contribution in [0.5, 0.6) is 5.88 Å². The molecule has 1 unspecified atom stereocenters. The van der Waals surface area contributed by atoms with Crippen LogP contribution in [0.1, 0.15) is 36.1 Å². The Bertz CT molecular complexity index is 1120. The third kappa shape index (κ3) is 5.19. The van der Waals surface area contributed by atoms with Gasteiger partial charge in [-0.05, 0) is 68.8 Å².